The Labute approximate surface area is 97.9 Å². The number of nitrogens with one attached hydrogen (secondary N) is 2. The van der Waals surface area contributed by atoms with Crippen LogP contribution in [0.5, 0.6) is 0 Å². The van der Waals surface area contributed by atoms with Crippen molar-refractivity contribution in [3.05, 3.63) is 12.3 Å². The van der Waals surface area contributed by atoms with Crippen molar-refractivity contribution in [3.63, 3.8) is 0 Å². The number of hydrogen-bond acceptors (Lipinski definition) is 4. The van der Waals surface area contributed by atoms with E-state index in [1.807, 2.05) is 6.07 Å². The van der Waals surface area contributed by atoms with Crippen molar-refractivity contribution in [3.8, 4) is 0 Å². The molecule has 0 bridgehead atoms. The zero-order valence-electron chi connectivity index (χ0n) is 10.7. The van der Waals surface area contributed by atoms with E-state index in [9.17, 15) is 0 Å². The van der Waals surface area contributed by atoms with Gasteiger partial charge in [0.2, 0.25) is 5.95 Å². The third-order valence-corrected chi connectivity index (χ3v) is 1.99. The van der Waals surface area contributed by atoms with Crippen LogP contribution in [0, 0.1) is 5.41 Å². The minimum absolute atomic E-state index is 0.252. The summed E-state index contributed by atoms with van der Waals surface area (Å²) in [6.45, 7) is 10.5. The second-order valence-electron chi connectivity index (χ2n) is 5.11. The van der Waals surface area contributed by atoms with E-state index >= 15 is 0 Å². The predicted octanol–water partition coefficient (Wildman–Crippen LogP) is 2.76. The van der Waals surface area contributed by atoms with Crippen molar-refractivity contribution in [2.75, 3.05) is 23.7 Å². The molecule has 1 heterocycles. The van der Waals surface area contributed by atoms with E-state index in [4.69, 9.17) is 0 Å². The van der Waals surface area contributed by atoms with Crippen molar-refractivity contribution in [2.45, 2.75) is 34.1 Å². The molecule has 0 aromatic carbocycles. The molecule has 1 rings (SSSR count). The van der Waals surface area contributed by atoms with Gasteiger partial charge in [-0.25, -0.2) is 4.98 Å². The molecule has 0 radical (unpaired) electrons. The van der Waals surface area contributed by atoms with Gasteiger partial charge in [0.25, 0.3) is 0 Å². The number of hydrogen-bond donors (Lipinski definition) is 2. The van der Waals surface area contributed by atoms with Gasteiger partial charge in [-0.15, -0.1) is 0 Å². The summed E-state index contributed by atoms with van der Waals surface area (Å²) in [7, 11) is 0. The van der Waals surface area contributed by atoms with Gasteiger partial charge in [-0.05, 0) is 17.9 Å². The van der Waals surface area contributed by atoms with Crippen LogP contribution >= 0.6 is 0 Å². The number of anilines is 2. The second-order valence-corrected chi connectivity index (χ2v) is 5.11. The second kappa shape index (κ2) is 5.68. The van der Waals surface area contributed by atoms with E-state index in [0.717, 1.165) is 25.3 Å². The lowest BCUT2D eigenvalue weighted by Gasteiger charge is -2.19. The van der Waals surface area contributed by atoms with Crippen LogP contribution in [0.25, 0.3) is 0 Å². The van der Waals surface area contributed by atoms with E-state index in [1.165, 1.54) is 0 Å². The zero-order chi connectivity index (χ0) is 12.0. The summed E-state index contributed by atoms with van der Waals surface area (Å²) in [6.07, 6.45) is 2.85. The highest BCUT2D eigenvalue weighted by molar-refractivity contribution is 5.39. The Balaban J connectivity index is 2.53. The molecule has 1 aromatic rings. The summed E-state index contributed by atoms with van der Waals surface area (Å²) >= 11 is 0. The number of rotatable bonds is 5. The molecule has 2 N–H and O–H groups in total. The van der Waals surface area contributed by atoms with Crippen molar-refractivity contribution >= 4 is 11.8 Å². The normalized spacial score (nSPS) is 11.2. The van der Waals surface area contributed by atoms with Gasteiger partial charge in [0.05, 0.1) is 0 Å². The number of aromatic nitrogens is 2. The molecule has 0 aliphatic heterocycles. The van der Waals surface area contributed by atoms with Crippen LogP contribution in [0.1, 0.15) is 34.1 Å². The third-order valence-electron chi connectivity index (χ3n) is 1.99. The smallest absolute Gasteiger partial charge is 0.224 e. The molecule has 0 atom stereocenters. The van der Waals surface area contributed by atoms with Gasteiger partial charge in [-0.2, -0.15) is 4.98 Å². The van der Waals surface area contributed by atoms with Crippen LogP contribution < -0.4 is 10.6 Å². The molecule has 0 saturated carbocycles. The molecule has 0 fully saturated rings. The Morgan fingerprint density at radius 3 is 2.62 bits per heavy atom. The Hall–Kier alpha value is -1.32. The summed E-state index contributed by atoms with van der Waals surface area (Å²) in [5.74, 6) is 1.57. The molecule has 0 unspecified atom stereocenters. The molecule has 0 aliphatic carbocycles. The van der Waals surface area contributed by atoms with E-state index in [2.05, 4.69) is 48.3 Å². The minimum atomic E-state index is 0.252. The van der Waals surface area contributed by atoms with E-state index < -0.39 is 0 Å². The Morgan fingerprint density at radius 2 is 2.00 bits per heavy atom. The van der Waals surface area contributed by atoms with Gasteiger partial charge < -0.3 is 10.6 Å². The van der Waals surface area contributed by atoms with Crippen molar-refractivity contribution in [1.29, 1.82) is 0 Å². The van der Waals surface area contributed by atoms with Gasteiger partial charge in [0.1, 0.15) is 5.82 Å². The lowest BCUT2D eigenvalue weighted by atomic mass is 9.97. The Kier molecular flexibility index (Phi) is 4.52. The van der Waals surface area contributed by atoms with Crippen LogP contribution in [0.15, 0.2) is 12.3 Å². The summed E-state index contributed by atoms with van der Waals surface area (Å²) in [4.78, 5) is 8.54. The molecule has 0 amide bonds. The minimum Gasteiger partial charge on any atom is -0.369 e. The molecule has 0 spiro atoms. The summed E-state index contributed by atoms with van der Waals surface area (Å²) in [5, 5.41) is 6.48. The first-order valence-electron chi connectivity index (χ1n) is 5.82. The SMILES string of the molecule is CCCNc1nccc(NCC(C)(C)C)n1. The highest BCUT2D eigenvalue weighted by Crippen LogP contribution is 2.14. The molecular weight excluding hydrogens is 200 g/mol. The predicted molar refractivity (Wildman–Crippen MR) is 68.8 cm³/mol. The molecule has 4 heteroatoms. The highest BCUT2D eigenvalue weighted by Gasteiger charge is 2.09. The maximum Gasteiger partial charge on any atom is 0.224 e. The average molecular weight is 222 g/mol. The molecule has 0 aliphatic rings. The first-order valence-corrected chi connectivity index (χ1v) is 5.82. The molecule has 1 aromatic heterocycles. The largest absolute Gasteiger partial charge is 0.369 e. The highest BCUT2D eigenvalue weighted by atomic mass is 15.1. The summed E-state index contributed by atoms with van der Waals surface area (Å²) in [6, 6.07) is 1.89. The topological polar surface area (TPSA) is 49.8 Å². The molecule has 0 saturated heterocycles. The maximum atomic E-state index is 4.38. The fraction of sp³-hybridized carbons (Fsp3) is 0.667. The van der Waals surface area contributed by atoms with Crippen LogP contribution in [0.2, 0.25) is 0 Å². The van der Waals surface area contributed by atoms with Gasteiger partial charge in [-0.1, -0.05) is 27.7 Å². The fourth-order valence-electron chi connectivity index (χ4n) is 1.13. The van der Waals surface area contributed by atoms with Gasteiger partial charge >= 0.3 is 0 Å². The maximum absolute atomic E-state index is 4.38. The van der Waals surface area contributed by atoms with Crippen molar-refractivity contribution in [1.82, 2.24) is 9.97 Å². The lowest BCUT2D eigenvalue weighted by molar-refractivity contribution is 0.442. The molecular formula is C12H22N4. The van der Waals surface area contributed by atoms with E-state index in [1.54, 1.807) is 6.20 Å². The van der Waals surface area contributed by atoms with Crippen molar-refractivity contribution < 1.29 is 0 Å². The van der Waals surface area contributed by atoms with E-state index in [0.29, 0.717) is 5.95 Å². The summed E-state index contributed by atoms with van der Waals surface area (Å²) in [5.41, 5.74) is 0.252. The molecule has 90 valence electrons. The quantitative estimate of drug-likeness (QED) is 0.804. The molecule has 16 heavy (non-hydrogen) atoms. The lowest BCUT2D eigenvalue weighted by Crippen LogP contribution is -2.19. The first-order chi connectivity index (χ1) is 7.51. The first kappa shape index (κ1) is 12.7. The van der Waals surface area contributed by atoms with Crippen LogP contribution in [0.4, 0.5) is 11.8 Å². The number of nitrogens with zero attached hydrogens (tertiary/aromatic N) is 2. The van der Waals surface area contributed by atoms with Gasteiger partial charge in [0.15, 0.2) is 0 Å². The van der Waals surface area contributed by atoms with Gasteiger partial charge in [-0.3, -0.25) is 0 Å². The van der Waals surface area contributed by atoms with Crippen molar-refractivity contribution in [2.24, 2.45) is 5.41 Å². The fourth-order valence-corrected chi connectivity index (χ4v) is 1.13. The third kappa shape index (κ3) is 4.96. The van der Waals surface area contributed by atoms with Crippen LogP contribution in [-0.4, -0.2) is 23.1 Å². The summed E-state index contributed by atoms with van der Waals surface area (Å²) < 4.78 is 0. The average Bonchev–Trinajstić information content (AvgIpc) is 2.23. The molecule has 4 nitrogen and oxygen atoms in total. The van der Waals surface area contributed by atoms with Crippen LogP contribution in [-0.2, 0) is 0 Å². The van der Waals surface area contributed by atoms with Crippen LogP contribution in [0.3, 0.4) is 0 Å². The Bertz CT molecular complexity index is 317. The standard InChI is InChI=1S/C12H22N4/c1-5-7-13-11-14-8-6-10(16-11)15-9-12(2,3)4/h6,8H,5,7,9H2,1-4H3,(H2,13,14,15,16). The monoisotopic (exact) mass is 222 g/mol. The zero-order valence-corrected chi connectivity index (χ0v) is 10.7. The van der Waals surface area contributed by atoms with Gasteiger partial charge in [0, 0.05) is 19.3 Å². The van der Waals surface area contributed by atoms with E-state index in [-0.39, 0.29) is 5.41 Å². The Morgan fingerprint density at radius 1 is 1.25 bits per heavy atom.